The van der Waals surface area contributed by atoms with Crippen molar-refractivity contribution in [2.45, 2.75) is 12.5 Å². The van der Waals surface area contributed by atoms with E-state index in [1.54, 1.807) is 12.3 Å². The Kier molecular flexibility index (Phi) is 3.71. The Labute approximate surface area is 104 Å². The average Bonchev–Trinajstić information content (AvgIpc) is 2.35. The lowest BCUT2D eigenvalue weighted by Crippen LogP contribution is -2.15. The molecule has 0 amide bonds. The van der Waals surface area contributed by atoms with Gasteiger partial charge in [-0.3, -0.25) is 4.98 Å². The molecule has 0 aliphatic heterocycles. The summed E-state index contributed by atoms with van der Waals surface area (Å²) in [5, 5.41) is 0.509. The van der Waals surface area contributed by atoms with Gasteiger partial charge in [0.25, 0.3) is 0 Å². The van der Waals surface area contributed by atoms with E-state index in [1.807, 2.05) is 18.2 Å². The molecule has 1 atom stereocenters. The first kappa shape index (κ1) is 12.0. The maximum absolute atomic E-state index is 13.5. The topological polar surface area (TPSA) is 38.9 Å². The zero-order valence-corrected chi connectivity index (χ0v) is 9.86. The minimum absolute atomic E-state index is 0.291. The van der Waals surface area contributed by atoms with E-state index in [-0.39, 0.29) is 11.9 Å². The Morgan fingerprint density at radius 3 is 2.82 bits per heavy atom. The molecule has 0 fully saturated rings. The zero-order chi connectivity index (χ0) is 12.3. The van der Waals surface area contributed by atoms with Gasteiger partial charge in [-0.05, 0) is 42.3 Å². The summed E-state index contributed by atoms with van der Waals surface area (Å²) in [6.07, 6.45) is 2.05. The van der Waals surface area contributed by atoms with E-state index in [0.717, 1.165) is 5.69 Å². The number of nitrogens with two attached hydrogens (primary N) is 1. The van der Waals surface area contributed by atoms with Crippen molar-refractivity contribution < 1.29 is 4.39 Å². The first-order valence-corrected chi connectivity index (χ1v) is 5.65. The Balaban J connectivity index is 2.18. The predicted octanol–water partition coefficient (Wildman–Crippen LogP) is 3.12. The average molecular weight is 251 g/mol. The van der Waals surface area contributed by atoms with Gasteiger partial charge in [0.2, 0.25) is 0 Å². The number of pyridine rings is 1. The molecular weight excluding hydrogens is 239 g/mol. The van der Waals surface area contributed by atoms with E-state index in [9.17, 15) is 4.39 Å². The fourth-order valence-corrected chi connectivity index (χ4v) is 1.83. The van der Waals surface area contributed by atoms with Gasteiger partial charge in [-0.25, -0.2) is 4.39 Å². The summed E-state index contributed by atoms with van der Waals surface area (Å²) in [4.78, 5) is 4.15. The first-order chi connectivity index (χ1) is 8.16. The highest BCUT2D eigenvalue weighted by Gasteiger charge is 2.11. The highest BCUT2D eigenvalue weighted by Crippen LogP contribution is 2.20. The van der Waals surface area contributed by atoms with Gasteiger partial charge in [-0.15, -0.1) is 0 Å². The van der Waals surface area contributed by atoms with Crippen molar-refractivity contribution in [2.24, 2.45) is 5.73 Å². The van der Waals surface area contributed by atoms with Crippen LogP contribution in [0.3, 0.4) is 0 Å². The molecular formula is C13H12ClFN2. The minimum Gasteiger partial charge on any atom is -0.322 e. The second kappa shape index (κ2) is 5.25. The number of hydrogen-bond donors (Lipinski definition) is 1. The number of aromatic nitrogens is 1. The Bertz CT molecular complexity index is 502. The van der Waals surface area contributed by atoms with Crippen molar-refractivity contribution in [3.05, 3.63) is 64.7 Å². The molecule has 1 aromatic heterocycles. The van der Waals surface area contributed by atoms with Gasteiger partial charge in [0.05, 0.1) is 11.7 Å². The summed E-state index contributed by atoms with van der Waals surface area (Å²) < 4.78 is 13.5. The second-order valence-electron chi connectivity index (χ2n) is 3.80. The van der Waals surface area contributed by atoms with Gasteiger partial charge in [-0.1, -0.05) is 17.7 Å². The van der Waals surface area contributed by atoms with Crippen molar-refractivity contribution in [1.29, 1.82) is 0 Å². The minimum atomic E-state index is -0.329. The normalized spacial score (nSPS) is 12.4. The molecule has 1 unspecified atom stereocenters. The summed E-state index contributed by atoms with van der Waals surface area (Å²) in [6.45, 7) is 0. The van der Waals surface area contributed by atoms with Gasteiger partial charge in [-0.2, -0.15) is 0 Å². The van der Waals surface area contributed by atoms with E-state index < -0.39 is 0 Å². The van der Waals surface area contributed by atoms with Crippen LogP contribution in [0.15, 0.2) is 42.6 Å². The standard InChI is InChI=1S/C13H12ClFN2/c14-10-4-5-11(15)9(7-10)8-12(16)13-3-1-2-6-17-13/h1-7,12H,8,16H2. The largest absolute Gasteiger partial charge is 0.322 e. The van der Waals surface area contributed by atoms with Gasteiger partial charge in [0.15, 0.2) is 0 Å². The maximum Gasteiger partial charge on any atom is 0.126 e. The van der Waals surface area contributed by atoms with Gasteiger partial charge >= 0.3 is 0 Å². The molecule has 0 saturated heterocycles. The summed E-state index contributed by atoms with van der Waals surface area (Å²) in [5.41, 5.74) is 7.23. The fourth-order valence-electron chi connectivity index (χ4n) is 1.64. The molecule has 88 valence electrons. The molecule has 0 saturated carbocycles. The Hall–Kier alpha value is -1.45. The third-order valence-electron chi connectivity index (χ3n) is 2.52. The second-order valence-corrected chi connectivity index (χ2v) is 4.24. The number of benzene rings is 1. The summed E-state index contributed by atoms with van der Waals surface area (Å²) in [7, 11) is 0. The van der Waals surface area contributed by atoms with Crippen LogP contribution in [0.4, 0.5) is 4.39 Å². The quantitative estimate of drug-likeness (QED) is 0.909. The summed E-state index contributed by atoms with van der Waals surface area (Å²) in [6, 6.07) is 9.64. The van der Waals surface area contributed by atoms with Crippen molar-refractivity contribution in [3.63, 3.8) is 0 Å². The van der Waals surface area contributed by atoms with E-state index >= 15 is 0 Å². The zero-order valence-electron chi connectivity index (χ0n) is 9.11. The number of nitrogens with zero attached hydrogens (tertiary/aromatic N) is 1. The molecule has 4 heteroatoms. The van der Waals surface area contributed by atoms with Gasteiger partial charge < -0.3 is 5.73 Å². The van der Waals surface area contributed by atoms with Crippen LogP contribution in [0.1, 0.15) is 17.3 Å². The Morgan fingerprint density at radius 1 is 1.29 bits per heavy atom. The Morgan fingerprint density at radius 2 is 2.12 bits per heavy atom. The molecule has 2 rings (SSSR count). The van der Waals surface area contributed by atoms with E-state index in [0.29, 0.717) is 17.0 Å². The molecule has 17 heavy (non-hydrogen) atoms. The molecule has 2 N–H and O–H groups in total. The summed E-state index contributed by atoms with van der Waals surface area (Å²) in [5.74, 6) is -0.291. The first-order valence-electron chi connectivity index (χ1n) is 5.27. The third-order valence-corrected chi connectivity index (χ3v) is 2.75. The van der Waals surface area contributed by atoms with E-state index in [4.69, 9.17) is 17.3 Å². The van der Waals surface area contributed by atoms with E-state index in [2.05, 4.69) is 4.98 Å². The van der Waals surface area contributed by atoms with Gasteiger partial charge in [0.1, 0.15) is 5.82 Å². The molecule has 2 aromatic rings. The van der Waals surface area contributed by atoms with Gasteiger partial charge in [0, 0.05) is 11.2 Å². The van der Waals surface area contributed by atoms with Crippen LogP contribution in [-0.4, -0.2) is 4.98 Å². The number of hydrogen-bond acceptors (Lipinski definition) is 2. The highest BCUT2D eigenvalue weighted by molar-refractivity contribution is 6.30. The molecule has 2 nitrogen and oxygen atoms in total. The van der Waals surface area contributed by atoms with Crippen LogP contribution in [-0.2, 0) is 6.42 Å². The van der Waals surface area contributed by atoms with Crippen LogP contribution >= 0.6 is 11.6 Å². The molecule has 0 aliphatic rings. The van der Waals surface area contributed by atoms with Crippen LogP contribution in [0.2, 0.25) is 5.02 Å². The van der Waals surface area contributed by atoms with Crippen molar-refractivity contribution >= 4 is 11.6 Å². The predicted molar refractivity (Wildman–Crippen MR) is 66.3 cm³/mol. The monoisotopic (exact) mass is 250 g/mol. The molecule has 1 heterocycles. The molecule has 0 aliphatic carbocycles. The molecule has 0 spiro atoms. The van der Waals surface area contributed by atoms with Crippen molar-refractivity contribution in [1.82, 2.24) is 4.98 Å². The van der Waals surface area contributed by atoms with Crippen LogP contribution in [0, 0.1) is 5.82 Å². The highest BCUT2D eigenvalue weighted by atomic mass is 35.5. The van der Waals surface area contributed by atoms with Crippen LogP contribution < -0.4 is 5.73 Å². The van der Waals surface area contributed by atoms with E-state index in [1.165, 1.54) is 12.1 Å². The van der Waals surface area contributed by atoms with Crippen LogP contribution in [0.25, 0.3) is 0 Å². The molecule has 0 radical (unpaired) electrons. The lowest BCUT2D eigenvalue weighted by atomic mass is 10.0. The molecule has 1 aromatic carbocycles. The third kappa shape index (κ3) is 3.02. The SMILES string of the molecule is NC(Cc1cc(Cl)ccc1F)c1ccccn1. The fraction of sp³-hybridized carbons (Fsp3) is 0.154. The van der Waals surface area contributed by atoms with Crippen LogP contribution in [0.5, 0.6) is 0 Å². The maximum atomic E-state index is 13.5. The molecule has 0 bridgehead atoms. The lowest BCUT2D eigenvalue weighted by Gasteiger charge is -2.11. The van der Waals surface area contributed by atoms with Crippen molar-refractivity contribution in [3.8, 4) is 0 Å². The number of rotatable bonds is 3. The lowest BCUT2D eigenvalue weighted by molar-refractivity contribution is 0.590. The summed E-state index contributed by atoms with van der Waals surface area (Å²) >= 11 is 5.82. The number of halogens is 2. The van der Waals surface area contributed by atoms with Crippen molar-refractivity contribution in [2.75, 3.05) is 0 Å². The smallest absolute Gasteiger partial charge is 0.126 e.